The molecule has 10 aromatic rings. The molecule has 50 heavy (non-hydrogen) atoms. The summed E-state index contributed by atoms with van der Waals surface area (Å²) < 4.78 is 2.44. The van der Waals surface area contributed by atoms with E-state index in [-0.39, 0.29) is 0 Å². The second-order valence-electron chi connectivity index (χ2n) is 13.5. The third-order valence-electron chi connectivity index (χ3n) is 10.8. The zero-order valence-electron chi connectivity index (χ0n) is 27.3. The zero-order chi connectivity index (χ0) is 32.8. The molecule has 232 valence electrons. The van der Waals surface area contributed by atoms with Crippen molar-refractivity contribution in [2.75, 3.05) is 0 Å². The van der Waals surface area contributed by atoms with E-state index in [1.54, 1.807) is 0 Å². The summed E-state index contributed by atoms with van der Waals surface area (Å²) in [7, 11) is 0. The topological polar surface area (TPSA) is 17.3 Å². The predicted molar refractivity (Wildman–Crippen MR) is 209 cm³/mol. The molecule has 0 saturated heterocycles. The summed E-state index contributed by atoms with van der Waals surface area (Å²) in [5, 5.41) is 5.18. The van der Waals surface area contributed by atoms with Crippen LogP contribution in [0.4, 0.5) is 0 Å². The quantitative estimate of drug-likeness (QED) is 0.188. The molecular weight excluding hydrogens is 605 g/mol. The Balaban J connectivity index is 0.991. The van der Waals surface area contributed by atoms with Gasteiger partial charge in [0.25, 0.3) is 0 Å². The van der Waals surface area contributed by atoms with E-state index in [2.05, 4.69) is 174 Å². The van der Waals surface area contributed by atoms with E-state index >= 15 is 0 Å². The molecule has 1 aliphatic carbocycles. The Morgan fingerprint density at radius 2 is 0.920 bits per heavy atom. The van der Waals surface area contributed by atoms with Crippen molar-refractivity contribution in [3.05, 3.63) is 181 Å². The Bertz CT molecular complexity index is 2930. The molecule has 0 amide bonds. The third kappa shape index (κ3) is 3.93. The second-order valence-corrected chi connectivity index (χ2v) is 13.5. The number of hydrogen-bond acceptors (Lipinski definition) is 1. The molecular formula is C48H30N2. The van der Waals surface area contributed by atoms with Crippen LogP contribution in [0, 0.1) is 0 Å². The fourth-order valence-corrected chi connectivity index (χ4v) is 8.55. The predicted octanol–water partition coefficient (Wildman–Crippen LogP) is 12.5. The van der Waals surface area contributed by atoms with Crippen molar-refractivity contribution in [3.63, 3.8) is 0 Å². The zero-order valence-corrected chi connectivity index (χ0v) is 27.3. The van der Waals surface area contributed by atoms with Gasteiger partial charge < -0.3 is 4.40 Å². The van der Waals surface area contributed by atoms with Crippen molar-refractivity contribution in [3.8, 4) is 55.9 Å². The number of para-hydroxylation sites is 2. The molecule has 0 fully saturated rings. The Morgan fingerprint density at radius 1 is 0.360 bits per heavy atom. The summed E-state index contributed by atoms with van der Waals surface area (Å²) in [5.41, 5.74) is 18.5. The van der Waals surface area contributed by atoms with Crippen LogP contribution in [-0.2, 0) is 6.42 Å². The Kier molecular flexibility index (Phi) is 5.76. The maximum Gasteiger partial charge on any atom is 0.0712 e. The summed E-state index contributed by atoms with van der Waals surface area (Å²) >= 11 is 0. The maximum atomic E-state index is 5.34. The van der Waals surface area contributed by atoms with E-state index in [9.17, 15) is 0 Å². The summed E-state index contributed by atoms with van der Waals surface area (Å²) in [6, 6.07) is 61.8. The van der Waals surface area contributed by atoms with Crippen molar-refractivity contribution < 1.29 is 0 Å². The van der Waals surface area contributed by atoms with Gasteiger partial charge in [0.2, 0.25) is 0 Å². The number of nitrogens with zero attached hydrogens (tertiary/aromatic N) is 2. The van der Waals surface area contributed by atoms with Gasteiger partial charge >= 0.3 is 0 Å². The fraction of sp³-hybridized carbons (Fsp3) is 0.0208. The SMILES string of the molecule is c1ccc(-c2ccc(-c3cccc4c3Cc3c(-c5cccc(-c6ccc7c8cccc9c%10ccccc%10n(c7c6)c98)n5)cccc3-4)cc2)cc1. The highest BCUT2D eigenvalue weighted by Crippen LogP contribution is 2.46. The normalized spacial score (nSPS) is 12.3. The molecule has 0 N–H and O–H groups in total. The average Bonchev–Trinajstić information content (AvgIpc) is 3.85. The van der Waals surface area contributed by atoms with Gasteiger partial charge in [-0.25, -0.2) is 4.98 Å². The van der Waals surface area contributed by atoms with Crippen molar-refractivity contribution in [2.45, 2.75) is 6.42 Å². The summed E-state index contributed by atoms with van der Waals surface area (Å²) in [4.78, 5) is 5.34. The Hall–Kier alpha value is -6.51. The van der Waals surface area contributed by atoms with Crippen LogP contribution in [0.15, 0.2) is 170 Å². The highest BCUT2D eigenvalue weighted by atomic mass is 14.9. The van der Waals surface area contributed by atoms with Gasteiger partial charge in [-0.1, -0.05) is 146 Å². The van der Waals surface area contributed by atoms with E-state index in [4.69, 9.17) is 4.98 Å². The van der Waals surface area contributed by atoms with Crippen molar-refractivity contribution in [2.24, 2.45) is 0 Å². The van der Waals surface area contributed by atoms with Crippen LogP contribution in [0.3, 0.4) is 0 Å². The number of aromatic nitrogens is 2. The lowest BCUT2D eigenvalue weighted by Crippen LogP contribution is -1.93. The monoisotopic (exact) mass is 634 g/mol. The van der Waals surface area contributed by atoms with Crippen LogP contribution >= 0.6 is 0 Å². The number of rotatable bonds is 4. The van der Waals surface area contributed by atoms with Gasteiger partial charge in [0, 0.05) is 32.7 Å². The molecule has 0 saturated carbocycles. The van der Waals surface area contributed by atoms with Crippen LogP contribution in [-0.4, -0.2) is 9.38 Å². The largest absolute Gasteiger partial charge is 0.308 e. The summed E-state index contributed by atoms with van der Waals surface area (Å²) in [6.45, 7) is 0. The molecule has 0 unspecified atom stereocenters. The highest BCUT2D eigenvalue weighted by molar-refractivity contribution is 6.23. The van der Waals surface area contributed by atoms with Gasteiger partial charge in [0.15, 0.2) is 0 Å². The molecule has 11 rings (SSSR count). The molecule has 1 aliphatic rings. The van der Waals surface area contributed by atoms with Gasteiger partial charge in [0.05, 0.1) is 27.9 Å². The van der Waals surface area contributed by atoms with Crippen molar-refractivity contribution in [1.82, 2.24) is 9.38 Å². The second kappa shape index (κ2) is 10.5. The van der Waals surface area contributed by atoms with Crippen LogP contribution in [0.2, 0.25) is 0 Å². The average molecular weight is 635 g/mol. The van der Waals surface area contributed by atoms with Crippen molar-refractivity contribution in [1.29, 1.82) is 0 Å². The molecule has 0 aliphatic heterocycles. The molecule has 0 spiro atoms. The van der Waals surface area contributed by atoms with Gasteiger partial charge in [-0.05, 0) is 75.2 Å². The van der Waals surface area contributed by atoms with E-state index in [1.165, 1.54) is 88.2 Å². The van der Waals surface area contributed by atoms with E-state index in [1.807, 2.05) is 0 Å². The van der Waals surface area contributed by atoms with Crippen molar-refractivity contribution >= 4 is 38.1 Å². The fourth-order valence-electron chi connectivity index (χ4n) is 8.55. The molecule has 0 atom stereocenters. The lowest BCUT2D eigenvalue weighted by Gasteiger charge is -2.10. The van der Waals surface area contributed by atoms with Gasteiger partial charge in [0.1, 0.15) is 0 Å². The summed E-state index contributed by atoms with van der Waals surface area (Å²) in [5.74, 6) is 0. The third-order valence-corrected chi connectivity index (χ3v) is 10.8. The number of fused-ring (bicyclic) bond motifs is 9. The van der Waals surface area contributed by atoms with E-state index in [0.29, 0.717) is 0 Å². The number of benzene rings is 7. The first-order valence-electron chi connectivity index (χ1n) is 17.3. The van der Waals surface area contributed by atoms with Gasteiger partial charge in [-0.3, -0.25) is 0 Å². The lowest BCUT2D eigenvalue weighted by atomic mass is 9.94. The maximum absolute atomic E-state index is 5.34. The molecule has 3 aromatic heterocycles. The molecule has 0 radical (unpaired) electrons. The first-order valence-corrected chi connectivity index (χ1v) is 17.3. The van der Waals surface area contributed by atoms with Crippen LogP contribution < -0.4 is 0 Å². The van der Waals surface area contributed by atoms with Crippen LogP contribution in [0.25, 0.3) is 94.0 Å². The van der Waals surface area contributed by atoms with E-state index < -0.39 is 0 Å². The Morgan fingerprint density at radius 3 is 1.74 bits per heavy atom. The molecule has 2 heteroatoms. The number of hydrogen-bond donors (Lipinski definition) is 0. The van der Waals surface area contributed by atoms with E-state index in [0.717, 1.165) is 23.4 Å². The standard InChI is InChI=1S/C48H30N2/c1-2-10-30(11-3-1)31-22-24-32(25-23-31)34-13-6-14-35-36-15-7-16-37(43(36)29-42(34)35)45-20-9-19-44(49-45)33-26-27-39-41-18-8-17-40-38-12-4-5-21-46(38)50(48(40)41)47(39)28-33/h1-28H,29H2. The number of pyridine rings is 1. The van der Waals surface area contributed by atoms with Gasteiger partial charge in [-0.15, -0.1) is 0 Å². The minimum Gasteiger partial charge on any atom is -0.308 e. The van der Waals surface area contributed by atoms with Crippen LogP contribution in [0.5, 0.6) is 0 Å². The molecule has 7 aromatic carbocycles. The first kappa shape index (κ1) is 27.4. The molecule has 3 heterocycles. The lowest BCUT2D eigenvalue weighted by molar-refractivity contribution is 1.24. The van der Waals surface area contributed by atoms with Gasteiger partial charge in [-0.2, -0.15) is 0 Å². The molecule has 2 nitrogen and oxygen atoms in total. The van der Waals surface area contributed by atoms with Crippen LogP contribution in [0.1, 0.15) is 11.1 Å². The summed E-state index contributed by atoms with van der Waals surface area (Å²) in [6.07, 6.45) is 0.886. The first-order chi connectivity index (χ1) is 24.8. The Labute approximate surface area is 289 Å². The minimum atomic E-state index is 0.886. The molecule has 0 bridgehead atoms. The smallest absolute Gasteiger partial charge is 0.0712 e. The highest BCUT2D eigenvalue weighted by Gasteiger charge is 2.25. The minimum absolute atomic E-state index is 0.886.